The monoisotopic (exact) mass is 270 g/mol. The molecular weight excluding hydrogens is 252 g/mol. The minimum absolute atomic E-state index is 0.0525. The lowest BCUT2D eigenvalue weighted by molar-refractivity contribution is 0.742. The fourth-order valence-corrected chi connectivity index (χ4v) is 2.33. The summed E-state index contributed by atoms with van der Waals surface area (Å²) in [6, 6.07) is 8.19. The Morgan fingerprint density at radius 2 is 2.25 bits per heavy atom. The molecular formula is C15H18N4O. The molecule has 104 valence electrons. The molecule has 20 heavy (non-hydrogen) atoms. The highest BCUT2D eigenvalue weighted by molar-refractivity contribution is 5.45. The molecule has 1 aromatic carbocycles. The summed E-state index contributed by atoms with van der Waals surface area (Å²) in [6.45, 7) is 0.669. The number of rotatable bonds is 4. The van der Waals surface area contributed by atoms with Crippen LogP contribution < -0.4 is 16.2 Å². The van der Waals surface area contributed by atoms with E-state index in [4.69, 9.17) is 5.73 Å². The molecule has 1 aromatic heterocycles. The van der Waals surface area contributed by atoms with Crippen LogP contribution in [0.25, 0.3) is 0 Å². The van der Waals surface area contributed by atoms with E-state index in [1.807, 2.05) is 24.3 Å². The summed E-state index contributed by atoms with van der Waals surface area (Å²) in [5.74, 6) is 0.528. The summed E-state index contributed by atoms with van der Waals surface area (Å²) in [5.41, 5.74) is 7.61. The molecule has 1 heterocycles. The van der Waals surface area contributed by atoms with E-state index in [9.17, 15) is 4.79 Å². The SMILES string of the molecule is Cn1ccnc(N(Cc2cccc(N)c2)C2CC2)c1=O. The first kappa shape index (κ1) is 12.7. The second-order valence-corrected chi connectivity index (χ2v) is 5.27. The number of nitrogens with zero attached hydrogens (tertiary/aromatic N) is 3. The van der Waals surface area contributed by atoms with Gasteiger partial charge in [-0.15, -0.1) is 0 Å². The van der Waals surface area contributed by atoms with Crippen molar-refractivity contribution in [3.05, 3.63) is 52.6 Å². The van der Waals surface area contributed by atoms with Crippen molar-refractivity contribution in [3.63, 3.8) is 0 Å². The largest absolute Gasteiger partial charge is 0.399 e. The fourth-order valence-electron chi connectivity index (χ4n) is 2.33. The highest BCUT2D eigenvalue weighted by atomic mass is 16.1. The minimum atomic E-state index is -0.0525. The number of benzene rings is 1. The molecule has 0 spiro atoms. The van der Waals surface area contributed by atoms with Crippen LogP contribution in [0.1, 0.15) is 18.4 Å². The van der Waals surface area contributed by atoms with E-state index in [2.05, 4.69) is 9.88 Å². The summed E-state index contributed by atoms with van der Waals surface area (Å²) in [4.78, 5) is 18.6. The predicted molar refractivity (Wildman–Crippen MR) is 79.5 cm³/mol. The van der Waals surface area contributed by atoms with Crippen LogP contribution >= 0.6 is 0 Å². The number of anilines is 2. The lowest BCUT2D eigenvalue weighted by Gasteiger charge is -2.23. The molecule has 0 aliphatic heterocycles. The molecule has 0 radical (unpaired) electrons. The average molecular weight is 270 g/mol. The predicted octanol–water partition coefficient (Wildman–Crippen LogP) is 1.53. The molecule has 5 heteroatoms. The van der Waals surface area contributed by atoms with Gasteiger partial charge in [-0.25, -0.2) is 4.98 Å². The molecule has 1 fully saturated rings. The lowest BCUT2D eigenvalue weighted by atomic mass is 10.2. The van der Waals surface area contributed by atoms with Gasteiger partial charge >= 0.3 is 0 Å². The molecule has 0 saturated heterocycles. The first-order valence-corrected chi connectivity index (χ1v) is 6.78. The Kier molecular flexibility index (Phi) is 3.18. The quantitative estimate of drug-likeness (QED) is 0.856. The Hall–Kier alpha value is -2.30. The number of aryl methyl sites for hydroxylation is 1. The van der Waals surface area contributed by atoms with E-state index in [0.29, 0.717) is 18.4 Å². The van der Waals surface area contributed by atoms with Gasteiger partial charge in [-0.05, 0) is 30.5 Å². The van der Waals surface area contributed by atoms with Crippen molar-refractivity contribution in [2.75, 3.05) is 10.6 Å². The topological polar surface area (TPSA) is 64.2 Å². The van der Waals surface area contributed by atoms with E-state index < -0.39 is 0 Å². The van der Waals surface area contributed by atoms with E-state index in [1.165, 1.54) is 0 Å². The van der Waals surface area contributed by atoms with Crippen LogP contribution in [0.3, 0.4) is 0 Å². The number of nitrogens with two attached hydrogens (primary N) is 1. The smallest absolute Gasteiger partial charge is 0.293 e. The van der Waals surface area contributed by atoms with E-state index >= 15 is 0 Å². The Morgan fingerprint density at radius 3 is 2.95 bits per heavy atom. The van der Waals surface area contributed by atoms with Crippen LogP contribution in [-0.4, -0.2) is 15.6 Å². The Balaban J connectivity index is 1.94. The zero-order valence-corrected chi connectivity index (χ0v) is 11.5. The maximum absolute atomic E-state index is 12.2. The van der Waals surface area contributed by atoms with Crippen LogP contribution in [0.5, 0.6) is 0 Å². The second kappa shape index (κ2) is 5.00. The first-order chi connectivity index (χ1) is 9.65. The van der Waals surface area contributed by atoms with Gasteiger partial charge in [0, 0.05) is 37.7 Å². The molecule has 0 atom stereocenters. The number of hydrogen-bond donors (Lipinski definition) is 1. The summed E-state index contributed by atoms with van der Waals surface area (Å²) in [6.07, 6.45) is 5.58. The molecule has 1 saturated carbocycles. The van der Waals surface area contributed by atoms with Gasteiger partial charge in [0.1, 0.15) is 0 Å². The van der Waals surface area contributed by atoms with Crippen molar-refractivity contribution in [3.8, 4) is 0 Å². The van der Waals surface area contributed by atoms with Crippen LogP contribution in [-0.2, 0) is 13.6 Å². The molecule has 0 amide bonds. The molecule has 0 bridgehead atoms. The third kappa shape index (κ3) is 2.52. The van der Waals surface area contributed by atoms with Gasteiger partial charge in [0.15, 0.2) is 5.82 Å². The first-order valence-electron chi connectivity index (χ1n) is 6.78. The van der Waals surface area contributed by atoms with Crippen molar-refractivity contribution in [2.45, 2.75) is 25.4 Å². The average Bonchev–Trinajstić information content (AvgIpc) is 3.24. The van der Waals surface area contributed by atoms with E-state index in [-0.39, 0.29) is 5.56 Å². The van der Waals surface area contributed by atoms with Crippen LogP contribution in [0.2, 0.25) is 0 Å². The van der Waals surface area contributed by atoms with Crippen LogP contribution in [0.15, 0.2) is 41.5 Å². The third-order valence-electron chi connectivity index (χ3n) is 3.56. The van der Waals surface area contributed by atoms with Crippen molar-refractivity contribution in [2.24, 2.45) is 7.05 Å². The molecule has 0 unspecified atom stereocenters. The van der Waals surface area contributed by atoms with Crippen molar-refractivity contribution < 1.29 is 0 Å². The highest BCUT2D eigenvalue weighted by Gasteiger charge is 2.31. The Bertz CT molecular complexity index is 676. The second-order valence-electron chi connectivity index (χ2n) is 5.27. The maximum atomic E-state index is 12.2. The van der Waals surface area contributed by atoms with Gasteiger partial charge in [-0.3, -0.25) is 4.79 Å². The van der Waals surface area contributed by atoms with Crippen molar-refractivity contribution in [1.29, 1.82) is 0 Å². The van der Waals surface area contributed by atoms with Crippen LogP contribution in [0, 0.1) is 0 Å². The van der Waals surface area contributed by atoms with Crippen molar-refractivity contribution >= 4 is 11.5 Å². The lowest BCUT2D eigenvalue weighted by Crippen LogP contribution is -2.33. The van der Waals surface area contributed by atoms with Gasteiger partial charge in [-0.1, -0.05) is 12.1 Å². The van der Waals surface area contributed by atoms with E-state index in [1.54, 1.807) is 24.0 Å². The molecule has 5 nitrogen and oxygen atoms in total. The van der Waals surface area contributed by atoms with Gasteiger partial charge in [0.25, 0.3) is 5.56 Å². The van der Waals surface area contributed by atoms with Gasteiger partial charge in [-0.2, -0.15) is 0 Å². The molecule has 1 aliphatic carbocycles. The van der Waals surface area contributed by atoms with Gasteiger partial charge < -0.3 is 15.2 Å². The molecule has 3 rings (SSSR count). The summed E-state index contributed by atoms with van der Waals surface area (Å²) in [7, 11) is 1.75. The third-order valence-corrected chi connectivity index (χ3v) is 3.56. The van der Waals surface area contributed by atoms with Gasteiger partial charge in [0.2, 0.25) is 0 Å². The maximum Gasteiger partial charge on any atom is 0.293 e. The summed E-state index contributed by atoms with van der Waals surface area (Å²) >= 11 is 0. The summed E-state index contributed by atoms with van der Waals surface area (Å²) < 4.78 is 1.57. The van der Waals surface area contributed by atoms with E-state index in [0.717, 1.165) is 24.1 Å². The minimum Gasteiger partial charge on any atom is -0.399 e. The zero-order valence-electron chi connectivity index (χ0n) is 11.5. The number of nitrogen functional groups attached to an aromatic ring is 1. The normalized spacial score (nSPS) is 14.2. The summed E-state index contributed by atoms with van der Waals surface area (Å²) in [5, 5.41) is 0. The highest BCUT2D eigenvalue weighted by Crippen LogP contribution is 2.30. The number of hydrogen-bond acceptors (Lipinski definition) is 4. The molecule has 1 aliphatic rings. The van der Waals surface area contributed by atoms with Crippen LogP contribution in [0.4, 0.5) is 11.5 Å². The molecule has 2 N–H and O–H groups in total. The van der Waals surface area contributed by atoms with Crippen molar-refractivity contribution in [1.82, 2.24) is 9.55 Å². The zero-order chi connectivity index (χ0) is 14.1. The standard InChI is InChI=1S/C15H18N4O/c1-18-8-7-17-14(15(18)20)19(13-5-6-13)10-11-3-2-4-12(16)9-11/h2-4,7-9,13H,5-6,10,16H2,1H3. The molecule has 2 aromatic rings. The fraction of sp³-hybridized carbons (Fsp3) is 0.333. The number of aromatic nitrogens is 2. The Labute approximate surface area is 117 Å². The Morgan fingerprint density at radius 1 is 1.45 bits per heavy atom. The van der Waals surface area contributed by atoms with Gasteiger partial charge in [0.05, 0.1) is 0 Å².